The zero-order chi connectivity index (χ0) is 11.0. The summed E-state index contributed by atoms with van der Waals surface area (Å²) in [5.41, 5.74) is 5.29. The van der Waals surface area contributed by atoms with Crippen LogP contribution in [0.25, 0.3) is 0 Å². The van der Waals surface area contributed by atoms with Crippen molar-refractivity contribution in [2.75, 3.05) is 13.7 Å². The van der Waals surface area contributed by atoms with Crippen molar-refractivity contribution >= 4 is 0 Å². The van der Waals surface area contributed by atoms with Gasteiger partial charge < -0.3 is 15.2 Å². The molecule has 0 heterocycles. The summed E-state index contributed by atoms with van der Waals surface area (Å²) in [5, 5.41) is 0. The van der Waals surface area contributed by atoms with E-state index in [-0.39, 0.29) is 11.9 Å². The molecule has 0 aromatic heterocycles. The Morgan fingerprint density at radius 3 is 2.21 bits per heavy atom. The van der Waals surface area contributed by atoms with Crippen molar-refractivity contribution in [2.24, 2.45) is 5.73 Å². The van der Waals surface area contributed by atoms with Gasteiger partial charge in [0.25, 0.3) is 0 Å². The Kier molecular flexibility index (Phi) is 7.15. The highest BCUT2D eigenvalue weighted by Gasteiger charge is 2.17. The lowest BCUT2D eigenvalue weighted by atomic mass is 10.1. The van der Waals surface area contributed by atoms with Gasteiger partial charge in [-0.25, -0.2) is 0 Å². The summed E-state index contributed by atoms with van der Waals surface area (Å²) in [6, 6.07) is 0. The minimum atomic E-state index is -0.130. The largest absolute Gasteiger partial charge is 0.356 e. The van der Waals surface area contributed by atoms with Gasteiger partial charge in [-0.3, -0.25) is 0 Å². The second-order valence-corrected chi connectivity index (χ2v) is 4.53. The van der Waals surface area contributed by atoms with Crippen LogP contribution in [0.15, 0.2) is 0 Å². The summed E-state index contributed by atoms with van der Waals surface area (Å²) in [6.07, 6.45) is 4.24. The number of methoxy groups -OCH3 is 1. The summed E-state index contributed by atoms with van der Waals surface area (Å²) < 4.78 is 11.0. The van der Waals surface area contributed by atoms with Gasteiger partial charge in [-0.05, 0) is 46.6 Å². The molecule has 3 nitrogen and oxygen atoms in total. The lowest BCUT2D eigenvalue weighted by molar-refractivity contribution is -0.185. The first-order valence-corrected chi connectivity index (χ1v) is 5.40. The molecule has 0 fully saturated rings. The van der Waals surface area contributed by atoms with Gasteiger partial charge in [0.15, 0.2) is 6.29 Å². The van der Waals surface area contributed by atoms with Crippen LogP contribution in [0.5, 0.6) is 0 Å². The standard InChI is InChI=1S/C11H25NO2/c1-11(2,3)14-10(13-4)8-6-5-7-9-12/h10H,5-9,12H2,1-4H3. The first kappa shape index (κ1) is 13.9. The molecule has 86 valence electrons. The smallest absolute Gasteiger partial charge is 0.157 e. The molecule has 1 atom stereocenters. The molecule has 2 N–H and O–H groups in total. The normalized spacial score (nSPS) is 14.4. The fraction of sp³-hybridized carbons (Fsp3) is 1.00. The number of ether oxygens (including phenoxy) is 2. The molecule has 0 rings (SSSR count). The van der Waals surface area contributed by atoms with Gasteiger partial charge in [0, 0.05) is 7.11 Å². The minimum absolute atomic E-state index is 0.0761. The highest BCUT2D eigenvalue weighted by molar-refractivity contribution is 4.61. The van der Waals surface area contributed by atoms with Crippen molar-refractivity contribution in [2.45, 2.75) is 58.3 Å². The Hall–Kier alpha value is -0.120. The van der Waals surface area contributed by atoms with Gasteiger partial charge in [-0.1, -0.05) is 6.42 Å². The van der Waals surface area contributed by atoms with E-state index < -0.39 is 0 Å². The predicted octanol–water partition coefficient (Wildman–Crippen LogP) is 2.29. The highest BCUT2D eigenvalue weighted by atomic mass is 16.7. The molecule has 0 aliphatic rings. The average molecular weight is 203 g/mol. The lowest BCUT2D eigenvalue weighted by Gasteiger charge is -2.26. The van der Waals surface area contributed by atoms with Crippen LogP contribution in [-0.2, 0) is 9.47 Å². The quantitative estimate of drug-likeness (QED) is 0.510. The number of nitrogens with two attached hydrogens (primary N) is 1. The van der Waals surface area contributed by atoms with Gasteiger partial charge in [-0.2, -0.15) is 0 Å². The third-order valence-electron chi connectivity index (χ3n) is 1.89. The molecule has 0 spiro atoms. The molecule has 0 saturated carbocycles. The summed E-state index contributed by atoms with van der Waals surface area (Å²) in [7, 11) is 1.69. The van der Waals surface area contributed by atoms with E-state index in [9.17, 15) is 0 Å². The maximum atomic E-state index is 5.71. The number of rotatable bonds is 7. The van der Waals surface area contributed by atoms with E-state index in [0.29, 0.717) is 0 Å². The third kappa shape index (κ3) is 8.48. The first-order chi connectivity index (χ1) is 6.49. The van der Waals surface area contributed by atoms with E-state index in [4.69, 9.17) is 15.2 Å². The fourth-order valence-corrected chi connectivity index (χ4v) is 1.25. The zero-order valence-electron chi connectivity index (χ0n) is 10.0. The second kappa shape index (κ2) is 7.21. The lowest BCUT2D eigenvalue weighted by Crippen LogP contribution is -2.28. The molecule has 0 aliphatic carbocycles. The van der Waals surface area contributed by atoms with E-state index >= 15 is 0 Å². The molecule has 14 heavy (non-hydrogen) atoms. The summed E-state index contributed by atoms with van der Waals surface area (Å²) in [4.78, 5) is 0. The number of unbranched alkanes of at least 4 members (excludes halogenated alkanes) is 2. The van der Waals surface area contributed by atoms with E-state index in [1.165, 1.54) is 0 Å². The third-order valence-corrected chi connectivity index (χ3v) is 1.89. The molecule has 0 aliphatic heterocycles. The van der Waals surface area contributed by atoms with E-state index in [2.05, 4.69) is 0 Å². The topological polar surface area (TPSA) is 44.5 Å². The predicted molar refractivity (Wildman–Crippen MR) is 59.2 cm³/mol. The van der Waals surface area contributed by atoms with Gasteiger partial charge >= 0.3 is 0 Å². The van der Waals surface area contributed by atoms with Gasteiger partial charge in [0.1, 0.15) is 0 Å². The van der Waals surface area contributed by atoms with Gasteiger partial charge in [0.05, 0.1) is 5.60 Å². The SMILES string of the molecule is COC(CCCCCN)OC(C)(C)C. The van der Waals surface area contributed by atoms with Crippen LogP contribution in [0.4, 0.5) is 0 Å². The van der Waals surface area contributed by atoms with Gasteiger partial charge in [-0.15, -0.1) is 0 Å². The van der Waals surface area contributed by atoms with Crippen LogP contribution in [0.2, 0.25) is 0 Å². The minimum Gasteiger partial charge on any atom is -0.356 e. The first-order valence-electron chi connectivity index (χ1n) is 5.40. The van der Waals surface area contributed by atoms with Crippen LogP contribution in [0.1, 0.15) is 46.5 Å². The van der Waals surface area contributed by atoms with Crippen LogP contribution >= 0.6 is 0 Å². The Morgan fingerprint density at radius 1 is 1.14 bits per heavy atom. The molecule has 1 unspecified atom stereocenters. The molecule has 0 bridgehead atoms. The number of hydrogen-bond donors (Lipinski definition) is 1. The van der Waals surface area contributed by atoms with Crippen molar-refractivity contribution in [3.63, 3.8) is 0 Å². The van der Waals surface area contributed by atoms with E-state index in [0.717, 1.165) is 32.2 Å². The molecule has 0 radical (unpaired) electrons. The highest BCUT2D eigenvalue weighted by Crippen LogP contribution is 2.15. The fourth-order valence-electron chi connectivity index (χ4n) is 1.25. The molecule has 3 heteroatoms. The molecule has 0 saturated heterocycles. The monoisotopic (exact) mass is 203 g/mol. The van der Waals surface area contributed by atoms with Crippen LogP contribution in [-0.4, -0.2) is 25.5 Å². The van der Waals surface area contributed by atoms with Crippen LogP contribution in [0, 0.1) is 0 Å². The molecular formula is C11H25NO2. The Bertz CT molecular complexity index is 132. The van der Waals surface area contributed by atoms with E-state index in [1.54, 1.807) is 7.11 Å². The maximum absolute atomic E-state index is 5.71. The van der Waals surface area contributed by atoms with Gasteiger partial charge in [0.2, 0.25) is 0 Å². The Balaban J connectivity index is 3.58. The summed E-state index contributed by atoms with van der Waals surface area (Å²) in [6.45, 7) is 6.90. The summed E-state index contributed by atoms with van der Waals surface area (Å²) in [5.74, 6) is 0. The second-order valence-electron chi connectivity index (χ2n) is 4.53. The van der Waals surface area contributed by atoms with Crippen LogP contribution in [0.3, 0.4) is 0 Å². The Morgan fingerprint density at radius 2 is 1.79 bits per heavy atom. The molecular weight excluding hydrogens is 178 g/mol. The van der Waals surface area contributed by atoms with Crippen molar-refractivity contribution in [3.05, 3.63) is 0 Å². The Labute approximate surface area is 88.0 Å². The molecule has 0 aromatic carbocycles. The van der Waals surface area contributed by atoms with Crippen molar-refractivity contribution in [1.29, 1.82) is 0 Å². The van der Waals surface area contributed by atoms with Crippen molar-refractivity contribution < 1.29 is 9.47 Å². The molecule has 0 amide bonds. The van der Waals surface area contributed by atoms with Crippen molar-refractivity contribution in [3.8, 4) is 0 Å². The molecule has 0 aromatic rings. The zero-order valence-corrected chi connectivity index (χ0v) is 10.0. The van der Waals surface area contributed by atoms with Crippen molar-refractivity contribution in [1.82, 2.24) is 0 Å². The maximum Gasteiger partial charge on any atom is 0.157 e. The summed E-state index contributed by atoms with van der Waals surface area (Å²) >= 11 is 0. The average Bonchev–Trinajstić information content (AvgIpc) is 2.08. The van der Waals surface area contributed by atoms with E-state index in [1.807, 2.05) is 20.8 Å². The van der Waals surface area contributed by atoms with Crippen LogP contribution < -0.4 is 5.73 Å². The number of hydrogen-bond acceptors (Lipinski definition) is 3.